The molecule has 1 N–H and O–H groups in total. The molecule has 1 saturated carbocycles. The van der Waals surface area contributed by atoms with Gasteiger partial charge in [-0.3, -0.25) is 0 Å². The van der Waals surface area contributed by atoms with E-state index in [0.717, 1.165) is 28.6 Å². The largest absolute Gasteiger partial charge is 0.490 e. The fourth-order valence-corrected chi connectivity index (χ4v) is 4.01. The highest BCUT2D eigenvalue weighted by atomic mass is 32.1. The predicted molar refractivity (Wildman–Crippen MR) is 84.6 cm³/mol. The zero-order valence-corrected chi connectivity index (χ0v) is 13.2. The van der Waals surface area contributed by atoms with Crippen molar-refractivity contribution in [2.24, 2.45) is 0 Å². The lowest BCUT2D eigenvalue weighted by Crippen LogP contribution is -2.65. The number of fused-ring (bicyclic) bond motifs is 4. The third-order valence-electron chi connectivity index (χ3n) is 4.53. The van der Waals surface area contributed by atoms with E-state index in [9.17, 15) is 0 Å². The Morgan fingerprint density at radius 3 is 3.00 bits per heavy atom. The number of nitrogens with one attached hydrogen (secondary N) is 1. The number of thiocarbonyl (C=S) groups is 1. The fourth-order valence-electron chi connectivity index (χ4n) is 3.53. The highest BCUT2D eigenvalue weighted by Crippen LogP contribution is 2.50. The second kappa shape index (κ2) is 4.50. The van der Waals surface area contributed by atoms with Gasteiger partial charge in [0.1, 0.15) is 0 Å². The van der Waals surface area contributed by atoms with Crippen LogP contribution in [0, 0.1) is 0 Å². The van der Waals surface area contributed by atoms with E-state index in [-0.39, 0.29) is 11.8 Å². The smallest absolute Gasteiger partial charge is 0.184 e. The van der Waals surface area contributed by atoms with Crippen molar-refractivity contribution in [2.45, 2.75) is 50.9 Å². The lowest BCUT2D eigenvalue weighted by atomic mass is 9.90. The molecule has 4 rings (SSSR count). The molecule has 0 aromatic heterocycles. The van der Waals surface area contributed by atoms with Crippen LogP contribution in [0.2, 0.25) is 0 Å². The number of rotatable bonds is 3. The average molecular weight is 304 g/mol. The minimum atomic E-state index is -0.367. The first-order valence-corrected chi connectivity index (χ1v) is 8.08. The lowest BCUT2D eigenvalue weighted by molar-refractivity contribution is -0.0737. The molecule has 2 fully saturated rings. The van der Waals surface area contributed by atoms with Crippen LogP contribution in [0.4, 0.5) is 0 Å². The summed E-state index contributed by atoms with van der Waals surface area (Å²) >= 11 is 5.59. The van der Waals surface area contributed by atoms with Gasteiger partial charge in [0, 0.05) is 18.0 Å². The molecule has 5 heteroatoms. The van der Waals surface area contributed by atoms with Crippen molar-refractivity contribution in [1.29, 1.82) is 0 Å². The van der Waals surface area contributed by atoms with Crippen LogP contribution in [0.1, 0.15) is 44.7 Å². The quantitative estimate of drug-likeness (QED) is 0.868. The zero-order chi connectivity index (χ0) is 14.6. The number of nitrogens with zero attached hydrogens (tertiary/aromatic N) is 1. The number of para-hydroxylation sites is 1. The standard InChI is InChI=1S/C16H20N2O2S/c1-3-19-13-6-4-5-11-12-9-16(2,20-14(11)13)18(10-7-8-10)15(21)17-12/h4-6,10,12H,3,7-9H2,1-2H3,(H,17,21). The van der Waals surface area contributed by atoms with E-state index in [1.165, 1.54) is 12.8 Å². The molecule has 2 aliphatic heterocycles. The molecule has 2 atom stereocenters. The van der Waals surface area contributed by atoms with E-state index in [1.54, 1.807) is 0 Å². The summed E-state index contributed by atoms with van der Waals surface area (Å²) in [5.74, 6) is 1.70. The number of ether oxygens (including phenoxy) is 2. The average Bonchev–Trinajstić information content (AvgIpc) is 3.23. The Hall–Kier alpha value is -1.49. The third kappa shape index (κ3) is 1.98. The molecule has 3 aliphatic rings. The SMILES string of the molecule is CCOc1cccc2c1OC1(C)CC2NC(=S)N1C1CC1. The van der Waals surface area contributed by atoms with Crippen molar-refractivity contribution in [3.63, 3.8) is 0 Å². The predicted octanol–water partition coefficient (Wildman–Crippen LogP) is 2.98. The van der Waals surface area contributed by atoms with Gasteiger partial charge in [0.05, 0.1) is 12.6 Å². The van der Waals surface area contributed by atoms with Gasteiger partial charge in [0.25, 0.3) is 0 Å². The van der Waals surface area contributed by atoms with E-state index in [4.69, 9.17) is 21.7 Å². The Balaban J connectivity index is 1.78. The lowest BCUT2D eigenvalue weighted by Gasteiger charge is -2.52. The highest BCUT2D eigenvalue weighted by molar-refractivity contribution is 7.80. The first-order valence-electron chi connectivity index (χ1n) is 7.67. The Bertz CT molecular complexity index is 602. The van der Waals surface area contributed by atoms with Crippen LogP contribution < -0.4 is 14.8 Å². The molecular formula is C16H20N2O2S. The van der Waals surface area contributed by atoms with Gasteiger partial charge in [-0.25, -0.2) is 0 Å². The summed E-state index contributed by atoms with van der Waals surface area (Å²) in [6, 6.07) is 6.84. The molecule has 2 bridgehead atoms. The Kier molecular flexibility index (Phi) is 2.83. The Morgan fingerprint density at radius 1 is 1.48 bits per heavy atom. The van der Waals surface area contributed by atoms with Gasteiger partial charge in [-0.2, -0.15) is 0 Å². The molecule has 1 aromatic rings. The molecule has 1 saturated heterocycles. The van der Waals surface area contributed by atoms with Crippen LogP contribution in [0.15, 0.2) is 18.2 Å². The molecule has 112 valence electrons. The van der Waals surface area contributed by atoms with E-state index in [0.29, 0.717) is 12.6 Å². The van der Waals surface area contributed by atoms with E-state index in [1.807, 2.05) is 19.1 Å². The Labute approximate surface area is 130 Å². The second-order valence-corrected chi connectivity index (χ2v) is 6.58. The third-order valence-corrected chi connectivity index (χ3v) is 4.84. The van der Waals surface area contributed by atoms with Gasteiger partial charge < -0.3 is 19.7 Å². The highest BCUT2D eigenvalue weighted by Gasteiger charge is 2.52. The van der Waals surface area contributed by atoms with Crippen molar-refractivity contribution >= 4 is 17.3 Å². The van der Waals surface area contributed by atoms with Crippen LogP contribution in [0.3, 0.4) is 0 Å². The van der Waals surface area contributed by atoms with Gasteiger partial charge in [0.15, 0.2) is 22.3 Å². The van der Waals surface area contributed by atoms with Crippen molar-refractivity contribution in [3.05, 3.63) is 23.8 Å². The van der Waals surface area contributed by atoms with Crippen LogP contribution in [0.25, 0.3) is 0 Å². The molecule has 1 aromatic carbocycles. The zero-order valence-electron chi connectivity index (χ0n) is 12.4. The maximum Gasteiger partial charge on any atom is 0.184 e. The summed E-state index contributed by atoms with van der Waals surface area (Å²) in [5, 5.41) is 4.31. The van der Waals surface area contributed by atoms with Crippen LogP contribution in [0.5, 0.6) is 11.5 Å². The molecule has 0 radical (unpaired) electrons. The fraction of sp³-hybridized carbons (Fsp3) is 0.562. The number of benzene rings is 1. The number of hydrogen-bond acceptors (Lipinski definition) is 3. The monoisotopic (exact) mass is 304 g/mol. The van der Waals surface area contributed by atoms with Gasteiger partial charge in [0.2, 0.25) is 0 Å². The molecule has 2 heterocycles. The van der Waals surface area contributed by atoms with Crippen molar-refractivity contribution in [2.75, 3.05) is 6.61 Å². The van der Waals surface area contributed by atoms with E-state index >= 15 is 0 Å². The minimum Gasteiger partial charge on any atom is -0.490 e. The summed E-state index contributed by atoms with van der Waals surface area (Å²) in [7, 11) is 0. The molecule has 21 heavy (non-hydrogen) atoms. The normalized spacial score (nSPS) is 30.3. The summed E-state index contributed by atoms with van der Waals surface area (Å²) in [6.45, 7) is 4.78. The number of hydrogen-bond donors (Lipinski definition) is 1. The first kappa shape index (κ1) is 13.2. The van der Waals surface area contributed by atoms with Gasteiger partial charge in [-0.15, -0.1) is 0 Å². The van der Waals surface area contributed by atoms with Gasteiger partial charge in [-0.1, -0.05) is 12.1 Å². The van der Waals surface area contributed by atoms with Crippen molar-refractivity contribution in [1.82, 2.24) is 10.2 Å². The minimum absolute atomic E-state index is 0.210. The molecule has 1 aliphatic carbocycles. The first-order chi connectivity index (χ1) is 10.1. The Morgan fingerprint density at radius 2 is 2.29 bits per heavy atom. The maximum atomic E-state index is 6.43. The molecule has 2 unspecified atom stereocenters. The molecule has 0 amide bonds. The molecule has 0 spiro atoms. The second-order valence-electron chi connectivity index (χ2n) is 6.19. The van der Waals surface area contributed by atoms with Crippen molar-refractivity contribution < 1.29 is 9.47 Å². The van der Waals surface area contributed by atoms with E-state index in [2.05, 4.69) is 23.2 Å². The molecule has 4 nitrogen and oxygen atoms in total. The molecular weight excluding hydrogens is 284 g/mol. The summed E-state index contributed by atoms with van der Waals surface area (Å²) in [6.07, 6.45) is 3.31. The topological polar surface area (TPSA) is 33.7 Å². The van der Waals surface area contributed by atoms with Crippen LogP contribution >= 0.6 is 12.2 Å². The van der Waals surface area contributed by atoms with Crippen LogP contribution in [-0.2, 0) is 0 Å². The maximum absolute atomic E-state index is 6.43. The van der Waals surface area contributed by atoms with E-state index < -0.39 is 0 Å². The summed E-state index contributed by atoms with van der Waals surface area (Å²) < 4.78 is 12.2. The van der Waals surface area contributed by atoms with Crippen molar-refractivity contribution in [3.8, 4) is 11.5 Å². The van der Waals surface area contributed by atoms with Gasteiger partial charge >= 0.3 is 0 Å². The van der Waals surface area contributed by atoms with Gasteiger partial charge in [-0.05, 0) is 45.0 Å². The summed E-state index contributed by atoms with van der Waals surface area (Å²) in [5.41, 5.74) is 0.783. The van der Waals surface area contributed by atoms with Crippen LogP contribution in [-0.4, -0.2) is 28.4 Å². The summed E-state index contributed by atoms with van der Waals surface area (Å²) in [4.78, 5) is 2.25.